The van der Waals surface area contributed by atoms with Crippen molar-refractivity contribution < 1.29 is 14.3 Å². The second kappa shape index (κ2) is 3.87. The van der Waals surface area contributed by atoms with E-state index in [0.717, 1.165) is 0 Å². The van der Waals surface area contributed by atoms with E-state index in [4.69, 9.17) is 5.73 Å². The summed E-state index contributed by atoms with van der Waals surface area (Å²) in [4.78, 5) is 20.7. The highest BCUT2D eigenvalue weighted by atomic mass is 16.6. The van der Waals surface area contributed by atoms with Crippen LogP contribution in [0.2, 0.25) is 0 Å². The zero-order valence-corrected chi connectivity index (χ0v) is 6.09. The first-order valence-corrected chi connectivity index (χ1v) is 3.04. The summed E-state index contributed by atoms with van der Waals surface area (Å²) in [5.74, 6) is -0.179. The minimum atomic E-state index is -0.901. The second-order valence-electron chi connectivity index (χ2n) is 1.94. The molecule has 10 heavy (non-hydrogen) atoms. The van der Waals surface area contributed by atoms with Gasteiger partial charge in [0.05, 0.1) is 0 Å². The van der Waals surface area contributed by atoms with Crippen LogP contribution in [-0.2, 0) is 9.53 Å². The standard InChI is InChI=1S/C6H11NO3/c1-3-5(4(2)8)10-6(7)9/h5H,3H2,1-2H3,(H2,7,9). The third-order valence-electron chi connectivity index (χ3n) is 1.08. The fourth-order valence-electron chi connectivity index (χ4n) is 0.594. The molecule has 0 aliphatic carbocycles. The van der Waals surface area contributed by atoms with Crippen molar-refractivity contribution in [1.29, 1.82) is 0 Å². The number of ketones is 1. The van der Waals surface area contributed by atoms with Crippen molar-refractivity contribution in [2.75, 3.05) is 0 Å². The monoisotopic (exact) mass is 145 g/mol. The SMILES string of the molecule is CCC(OC(N)=O)C(C)=O. The Labute approximate surface area is 59.3 Å². The lowest BCUT2D eigenvalue weighted by molar-refractivity contribution is -0.125. The number of primary amides is 1. The summed E-state index contributed by atoms with van der Waals surface area (Å²) in [6.07, 6.45) is -1.10. The summed E-state index contributed by atoms with van der Waals surface area (Å²) >= 11 is 0. The van der Waals surface area contributed by atoms with Crippen molar-refractivity contribution in [3.8, 4) is 0 Å². The van der Waals surface area contributed by atoms with Crippen molar-refractivity contribution in [2.24, 2.45) is 5.73 Å². The van der Waals surface area contributed by atoms with Crippen molar-refractivity contribution >= 4 is 11.9 Å². The zero-order valence-electron chi connectivity index (χ0n) is 6.09. The topological polar surface area (TPSA) is 69.4 Å². The lowest BCUT2D eigenvalue weighted by Gasteiger charge is -2.09. The van der Waals surface area contributed by atoms with Gasteiger partial charge >= 0.3 is 6.09 Å². The largest absolute Gasteiger partial charge is 0.438 e. The average Bonchev–Trinajstić information content (AvgIpc) is 1.81. The van der Waals surface area contributed by atoms with Crippen molar-refractivity contribution in [3.05, 3.63) is 0 Å². The van der Waals surface area contributed by atoms with Gasteiger partial charge in [0.25, 0.3) is 0 Å². The van der Waals surface area contributed by atoms with Gasteiger partial charge in [-0.1, -0.05) is 6.92 Å². The van der Waals surface area contributed by atoms with Crippen molar-refractivity contribution in [1.82, 2.24) is 0 Å². The molecule has 0 aliphatic rings. The molecular weight excluding hydrogens is 134 g/mol. The zero-order chi connectivity index (χ0) is 8.15. The third kappa shape index (κ3) is 3.06. The maximum atomic E-state index is 10.6. The van der Waals surface area contributed by atoms with Crippen LogP contribution in [0.3, 0.4) is 0 Å². The summed E-state index contributed by atoms with van der Waals surface area (Å²) in [6.45, 7) is 3.10. The van der Waals surface area contributed by atoms with E-state index in [0.29, 0.717) is 6.42 Å². The molecule has 1 atom stereocenters. The van der Waals surface area contributed by atoms with Crippen LogP contribution >= 0.6 is 0 Å². The molecule has 4 heteroatoms. The Morgan fingerprint density at radius 1 is 1.60 bits per heavy atom. The summed E-state index contributed by atoms with van der Waals surface area (Å²) in [6, 6.07) is 0. The van der Waals surface area contributed by atoms with Gasteiger partial charge in [-0.05, 0) is 13.3 Å². The number of Topliss-reactive ketones (excluding diaryl/α,β-unsaturated/α-hetero) is 1. The molecule has 1 unspecified atom stereocenters. The molecule has 0 heterocycles. The molecule has 0 saturated heterocycles. The van der Waals surface area contributed by atoms with Crippen molar-refractivity contribution in [2.45, 2.75) is 26.4 Å². The molecule has 0 aromatic heterocycles. The number of amides is 1. The van der Waals surface area contributed by atoms with Gasteiger partial charge < -0.3 is 10.5 Å². The predicted molar refractivity (Wildman–Crippen MR) is 35.4 cm³/mol. The van der Waals surface area contributed by atoms with Crippen LogP contribution in [0, 0.1) is 0 Å². The maximum Gasteiger partial charge on any atom is 0.405 e. The third-order valence-corrected chi connectivity index (χ3v) is 1.08. The molecule has 58 valence electrons. The van der Waals surface area contributed by atoms with E-state index in [1.807, 2.05) is 0 Å². The number of carbonyl (C=O) groups is 2. The molecule has 0 aromatic rings. The van der Waals surface area contributed by atoms with E-state index >= 15 is 0 Å². The van der Waals surface area contributed by atoms with Gasteiger partial charge in [-0.15, -0.1) is 0 Å². The maximum absolute atomic E-state index is 10.6. The normalized spacial score (nSPS) is 12.2. The Morgan fingerprint density at radius 3 is 2.20 bits per heavy atom. The van der Waals surface area contributed by atoms with Crippen LogP contribution in [0.5, 0.6) is 0 Å². The molecular formula is C6H11NO3. The highest BCUT2D eigenvalue weighted by Gasteiger charge is 2.14. The number of hydrogen-bond donors (Lipinski definition) is 1. The van der Waals surface area contributed by atoms with Crippen LogP contribution in [0.15, 0.2) is 0 Å². The molecule has 1 amide bonds. The molecule has 0 saturated carbocycles. The molecule has 2 N–H and O–H groups in total. The molecule has 0 radical (unpaired) electrons. The van der Waals surface area contributed by atoms with E-state index in [1.165, 1.54) is 6.92 Å². The molecule has 0 bridgehead atoms. The van der Waals surface area contributed by atoms with Crippen LogP contribution in [-0.4, -0.2) is 18.0 Å². The number of hydrogen-bond acceptors (Lipinski definition) is 3. The van der Waals surface area contributed by atoms with Gasteiger partial charge in [0.15, 0.2) is 11.9 Å². The predicted octanol–water partition coefficient (Wildman–Crippen LogP) is 0.449. The highest BCUT2D eigenvalue weighted by molar-refractivity contribution is 5.82. The molecule has 0 aliphatic heterocycles. The molecule has 4 nitrogen and oxygen atoms in total. The number of carbonyl (C=O) groups excluding carboxylic acids is 2. The Hall–Kier alpha value is -1.06. The first-order chi connectivity index (χ1) is 4.57. The highest BCUT2D eigenvalue weighted by Crippen LogP contribution is 1.98. The van der Waals surface area contributed by atoms with Crippen LogP contribution in [0.25, 0.3) is 0 Å². The Kier molecular flexibility index (Phi) is 3.46. The summed E-state index contributed by atoms with van der Waals surface area (Å²) in [5.41, 5.74) is 4.69. The minimum absolute atomic E-state index is 0.179. The quantitative estimate of drug-likeness (QED) is 0.626. The summed E-state index contributed by atoms with van der Waals surface area (Å²) in [7, 11) is 0. The van der Waals surface area contributed by atoms with Gasteiger partial charge in [-0.2, -0.15) is 0 Å². The van der Waals surface area contributed by atoms with E-state index in [9.17, 15) is 9.59 Å². The smallest absolute Gasteiger partial charge is 0.405 e. The number of rotatable bonds is 3. The number of nitrogens with two attached hydrogens (primary N) is 1. The van der Waals surface area contributed by atoms with Crippen LogP contribution in [0.4, 0.5) is 4.79 Å². The molecule has 0 aromatic carbocycles. The van der Waals surface area contributed by atoms with E-state index in [1.54, 1.807) is 6.92 Å². The van der Waals surface area contributed by atoms with E-state index in [-0.39, 0.29) is 5.78 Å². The first-order valence-electron chi connectivity index (χ1n) is 3.04. The first kappa shape index (κ1) is 8.94. The van der Waals surface area contributed by atoms with Gasteiger partial charge in [0, 0.05) is 0 Å². The lowest BCUT2D eigenvalue weighted by atomic mass is 10.2. The fraction of sp³-hybridized carbons (Fsp3) is 0.667. The average molecular weight is 145 g/mol. The lowest BCUT2D eigenvalue weighted by Crippen LogP contribution is -2.27. The minimum Gasteiger partial charge on any atom is -0.438 e. The van der Waals surface area contributed by atoms with Gasteiger partial charge in [-0.25, -0.2) is 4.79 Å². The van der Waals surface area contributed by atoms with Gasteiger partial charge in [0.1, 0.15) is 0 Å². The Bertz CT molecular complexity index is 144. The fourth-order valence-corrected chi connectivity index (χ4v) is 0.594. The molecule has 0 fully saturated rings. The molecule has 0 rings (SSSR count). The second-order valence-corrected chi connectivity index (χ2v) is 1.94. The summed E-state index contributed by atoms with van der Waals surface area (Å²) < 4.78 is 4.45. The van der Waals surface area contributed by atoms with E-state index < -0.39 is 12.2 Å². The van der Waals surface area contributed by atoms with Crippen LogP contribution < -0.4 is 5.73 Å². The number of ether oxygens (including phenoxy) is 1. The van der Waals surface area contributed by atoms with Gasteiger partial charge in [0.2, 0.25) is 0 Å². The van der Waals surface area contributed by atoms with E-state index in [2.05, 4.69) is 4.74 Å². The Balaban J connectivity index is 3.83. The van der Waals surface area contributed by atoms with Crippen LogP contribution in [0.1, 0.15) is 20.3 Å². The Morgan fingerprint density at radius 2 is 2.10 bits per heavy atom. The summed E-state index contributed by atoms with van der Waals surface area (Å²) in [5, 5.41) is 0. The van der Waals surface area contributed by atoms with Gasteiger partial charge in [-0.3, -0.25) is 4.79 Å². The van der Waals surface area contributed by atoms with Crippen molar-refractivity contribution in [3.63, 3.8) is 0 Å². The molecule has 0 spiro atoms.